The van der Waals surface area contributed by atoms with Gasteiger partial charge in [0.15, 0.2) is 11.5 Å². The van der Waals surface area contributed by atoms with Gasteiger partial charge in [-0.25, -0.2) is 0 Å². The van der Waals surface area contributed by atoms with Crippen LogP contribution in [0.4, 0.5) is 0 Å². The molecule has 1 aromatic rings. The minimum absolute atomic E-state index is 0.503. The van der Waals surface area contributed by atoms with E-state index >= 15 is 0 Å². The van der Waals surface area contributed by atoms with Gasteiger partial charge in [-0.1, -0.05) is 0 Å². The third-order valence-corrected chi connectivity index (χ3v) is 3.19. The molecule has 5 heteroatoms. The van der Waals surface area contributed by atoms with Gasteiger partial charge < -0.3 is 24.2 Å². The van der Waals surface area contributed by atoms with E-state index in [0.29, 0.717) is 43.5 Å². The second-order valence-corrected chi connectivity index (χ2v) is 5.22. The largest absolute Gasteiger partial charge is 0.490 e. The van der Waals surface area contributed by atoms with Gasteiger partial charge in [-0.05, 0) is 53.4 Å². The van der Waals surface area contributed by atoms with E-state index in [9.17, 15) is 5.11 Å². The molecule has 1 N–H and O–H groups in total. The summed E-state index contributed by atoms with van der Waals surface area (Å²) in [5.74, 6) is 1.81. The van der Waals surface area contributed by atoms with E-state index in [1.807, 2.05) is 51.9 Å². The quantitative estimate of drug-likeness (QED) is 0.720. The van der Waals surface area contributed by atoms with Crippen molar-refractivity contribution in [2.45, 2.75) is 33.3 Å². The van der Waals surface area contributed by atoms with Crippen LogP contribution in [0.25, 0.3) is 0 Å². The SMILES string of the molecule is CCOc1ccc(C(O)CCN(C)C)c(OCC)c1OCC. The Labute approximate surface area is 133 Å². The van der Waals surface area contributed by atoms with Crippen LogP contribution in [0.2, 0.25) is 0 Å². The summed E-state index contributed by atoms with van der Waals surface area (Å²) in [6.45, 7) is 8.12. The Morgan fingerprint density at radius 1 is 0.955 bits per heavy atom. The Kier molecular flexibility index (Phi) is 8.06. The highest BCUT2D eigenvalue weighted by Gasteiger charge is 2.21. The number of nitrogens with zero attached hydrogens (tertiary/aromatic N) is 1. The lowest BCUT2D eigenvalue weighted by Gasteiger charge is -2.22. The van der Waals surface area contributed by atoms with Crippen LogP contribution in [0.3, 0.4) is 0 Å². The van der Waals surface area contributed by atoms with Crippen LogP contribution in [0.15, 0.2) is 12.1 Å². The number of hydrogen-bond acceptors (Lipinski definition) is 5. The van der Waals surface area contributed by atoms with Gasteiger partial charge in [-0.2, -0.15) is 0 Å². The van der Waals surface area contributed by atoms with E-state index in [1.165, 1.54) is 0 Å². The topological polar surface area (TPSA) is 51.2 Å². The summed E-state index contributed by atoms with van der Waals surface area (Å²) >= 11 is 0. The van der Waals surface area contributed by atoms with E-state index in [1.54, 1.807) is 0 Å². The summed E-state index contributed by atoms with van der Waals surface area (Å²) < 4.78 is 17.1. The maximum atomic E-state index is 10.5. The molecule has 0 amide bonds. The third-order valence-electron chi connectivity index (χ3n) is 3.19. The molecule has 0 spiro atoms. The lowest BCUT2D eigenvalue weighted by atomic mass is 10.0. The molecular weight excluding hydrogens is 282 g/mol. The number of benzene rings is 1. The molecule has 22 heavy (non-hydrogen) atoms. The summed E-state index contributed by atoms with van der Waals surface area (Å²) in [7, 11) is 3.97. The minimum atomic E-state index is -0.598. The van der Waals surface area contributed by atoms with Crippen molar-refractivity contribution in [3.63, 3.8) is 0 Å². The molecule has 0 saturated heterocycles. The Balaban J connectivity index is 3.16. The van der Waals surface area contributed by atoms with Crippen molar-refractivity contribution >= 4 is 0 Å². The summed E-state index contributed by atoms with van der Waals surface area (Å²) in [4.78, 5) is 2.04. The molecule has 1 atom stereocenters. The predicted octanol–water partition coefficient (Wildman–Crippen LogP) is 2.87. The average Bonchev–Trinajstić information content (AvgIpc) is 2.48. The zero-order valence-corrected chi connectivity index (χ0v) is 14.4. The first kappa shape index (κ1) is 18.6. The van der Waals surface area contributed by atoms with E-state index in [4.69, 9.17) is 14.2 Å². The van der Waals surface area contributed by atoms with Gasteiger partial charge in [0, 0.05) is 12.1 Å². The monoisotopic (exact) mass is 311 g/mol. The van der Waals surface area contributed by atoms with Gasteiger partial charge in [0.1, 0.15) is 0 Å². The molecule has 126 valence electrons. The molecule has 0 aliphatic heterocycles. The van der Waals surface area contributed by atoms with Crippen LogP contribution in [0, 0.1) is 0 Å². The van der Waals surface area contributed by atoms with E-state index < -0.39 is 6.10 Å². The van der Waals surface area contributed by atoms with E-state index in [2.05, 4.69) is 0 Å². The highest BCUT2D eigenvalue weighted by Crippen LogP contribution is 2.43. The Morgan fingerprint density at radius 3 is 2.09 bits per heavy atom. The lowest BCUT2D eigenvalue weighted by molar-refractivity contribution is 0.147. The van der Waals surface area contributed by atoms with Gasteiger partial charge >= 0.3 is 0 Å². The molecule has 5 nitrogen and oxygen atoms in total. The van der Waals surface area contributed by atoms with Crippen LogP contribution in [-0.4, -0.2) is 50.5 Å². The van der Waals surface area contributed by atoms with Crippen molar-refractivity contribution in [2.24, 2.45) is 0 Å². The molecule has 0 aromatic heterocycles. The number of aliphatic hydroxyl groups is 1. The smallest absolute Gasteiger partial charge is 0.203 e. The molecule has 1 aromatic carbocycles. The van der Waals surface area contributed by atoms with E-state index in [0.717, 1.165) is 12.1 Å². The number of rotatable bonds is 10. The predicted molar refractivity (Wildman–Crippen MR) is 88.1 cm³/mol. The van der Waals surface area contributed by atoms with Crippen LogP contribution >= 0.6 is 0 Å². The highest BCUT2D eigenvalue weighted by atomic mass is 16.5. The first-order chi connectivity index (χ1) is 10.5. The van der Waals surface area contributed by atoms with Crippen molar-refractivity contribution in [3.05, 3.63) is 17.7 Å². The first-order valence-electron chi connectivity index (χ1n) is 7.93. The van der Waals surface area contributed by atoms with Gasteiger partial charge in [0.2, 0.25) is 5.75 Å². The fourth-order valence-corrected chi connectivity index (χ4v) is 2.20. The normalized spacial score (nSPS) is 12.3. The van der Waals surface area contributed by atoms with Crippen molar-refractivity contribution < 1.29 is 19.3 Å². The van der Waals surface area contributed by atoms with Crippen LogP contribution in [0.1, 0.15) is 38.9 Å². The molecule has 0 fully saturated rings. The standard InChI is InChI=1S/C17H29NO4/c1-6-20-15-10-9-13(14(19)11-12-18(4)5)16(21-7-2)17(15)22-8-3/h9-10,14,19H,6-8,11-12H2,1-5H3. The summed E-state index contributed by atoms with van der Waals surface area (Å²) in [6, 6.07) is 3.70. The molecule has 0 saturated carbocycles. The maximum Gasteiger partial charge on any atom is 0.203 e. The molecule has 0 bridgehead atoms. The molecular formula is C17H29NO4. The molecule has 0 aliphatic carbocycles. The number of ether oxygens (including phenoxy) is 3. The Bertz CT molecular complexity index is 449. The molecule has 0 radical (unpaired) electrons. The van der Waals surface area contributed by atoms with Gasteiger partial charge in [-0.15, -0.1) is 0 Å². The maximum absolute atomic E-state index is 10.5. The van der Waals surface area contributed by atoms with Crippen molar-refractivity contribution in [1.82, 2.24) is 4.90 Å². The fraction of sp³-hybridized carbons (Fsp3) is 0.647. The van der Waals surface area contributed by atoms with Crippen molar-refractivity contribution in [1.29, 1.82) is 0 Å². The van der Waals surface area contributed by atoms with Gasteiger partial charge in [0.05, 0.1) is 25.9 Å². The summed E-state index contributed by atoms with van der Waals surface area (Å²) in [5.41, 5.74) is 0.746. The van der Waals surface area contributed by atoms with E-state index in [-0.39, 0.29) is 0 Å². The minimum Gasteiger partial charge on any atom is -0.490 e. The number of hydrogen-bond donors (Lipinski definition) is 1. The van der Waals surface area contributed by atoms with Crippen LogP contribution in [0.5, 0.6) is 17.2 Å². The zero-order valence-electron chi connectivity index (χ0n) is 14.4. The average molecular weight is 311 g/mol. The third kappa shape index (κ3) is 5.07. The highest BCUT2D eigenvalue weighted by molar-refractivity contribution is 5.56. The molecule has 1 rings (SSSR count). The fourth-order valence-electron chi connectivity index (χ4n) is 2.20. The second-order valence-electron chi connectivity index (χ2n) is 5.22. The summed E-state index contributed by atoms with van der Waals surface area (Å²) in [6.07, 6.45) is 0.0333. The number of aliphatic hydroxyl groups excluding tert-OH is 1. The first-order valence-corrected chi connectivity index (χ1v) is 7.93. The van der Waals surface area contributed by atoms with Gasteiger partial charge in [-0.3, -0.25) is 0 Å². The molecule has 0 heterocycles. The van der Waals surface area contributed by atoms with Crippen LogP contribution in [-0.2, 0) is 0 Å². The zero-order chi connectivity index (χ0) is 16.5. The van der Waals surface area contributed by atoms with Gasteiger partial charge in [0.25, 0.3) is 0 Å². The molecule has 1 unspecified atom stereocenters. The van der Waals surface area contributed by atoms with Crippen molar-refractivity contribution in [2.75, 3.05) is 40.5 Å². The summed E-state index contributed by atoms with van der Waals surface area (Å²) in [5, 5.41) is 10.5. The Morgan fingerprint density at radius 2 is 1.55 bits per heavy atom. The van der Waals surface area contributed by atoms with Crippen LogP contribution < -0.4 is 14.2 Å². The second kappa shape index (κ2) is 9.54. The Hall–Kier alpha value is -1.46. The molecule has 0 aliphatic rings. The van der Waals surface area contributed by atoms with Crippen molar-refractivity contribution in [3.8, 4) is 17.2 Å². The lowest BCUT2D eigenvalue weighted by Crippen LogP contribution is -2.16.